The molecule has 0 saturated carbocycles. The van der Waals surface area contributed by atoms with E-state index in [0.717, 1.165) is 56.9 Å². The minimum atomic E-state index is -0.952. The SMILES string of the molecule is CCCCCCCC/C=C\CCCCCCCC(=O)OCC(C[N+](C)(C)Cc1ccc(C(=O)O)cc1)OC(=O)CCCCCCC/C=C\CCCCCCCC.[Br-]. The minimum absolute atomic E-state index is 0. The number of carboxylic acids is 1. The number of quaternary nitrogens is 1. The van der Waals surface area contributed by atoms with Crippen LogP contribution < -0.4 is 17.0 Å². The summed E-state index contributed by atoms with van der Waals surface area (Å²) in [5.41, 5.74) is 1.24. The maximum absolute atomic E-state index is 13.0. The van der Waals surface area contributed by atoms with Gasteiger partial charge in [-0.25, -0.2) is 4.79 Å². The first kappa shape index (κ1) is 54.6. The summed E-state index contributed by atoms with van der Waals surface area (Å²) < 4.78 is 12.1. The minimum Gasteiger partial charge on any atom is -1.00 e. The van der Waals surface area contributed by atoms with Gasteiger partial charge in [-0.15, -0.1) is 0 Å². The molecule has 0 bridgehead atoms. The first-order chi connectivity index (χ1) is 27.2. The quantitative estimate of drug-likeness (QED) is 0.0308. The summed E-state index contributed by atoms with van der Waals surface area (Å²) in [6, 6.07) is 6.87. The monoisotopic (exact) mass is 862 g/mol. The Morgan fingerprint density at radius 3 is 1.39 bits per heavy atom. The molecule has 57 heavy (non-hydrogen) atoms. The molecule has 7 nitrogen and oxygen atoms in total. The van der Waals surface area contributed by atoms with Gasteiger partial charge in [0.25, 0.3) is 0 Å². The van der Waals surface area contributed by atoms with Crippen molar-refractivity contribution in [2.75, 3.05) is 27.2 Å². The number of nitrogens with zero attached hydrogens (tertiary/aromatic N) is 1. The Bertz CT molecular complexity index is 1180. The topological polar surface area (TPSA) is 89.9 Å². The molecular weight excluding hydrogens is 778 g/mol. The van der Waals surface area contributed by atoms with Crippen LogP contribution in [-0.2, 0) is 25.6 Å². The molecule has 1 unspecified atom stereocenters. The zero-order valence-electron chi connectivity index (χ0n) is 36.9. The zero-order chi connectivity index (χ0) is 41.0. The number of carbonyl (C=O) groups excluding carboxylic acids is 2. The maximum Gasteiger partial charge on any atom is 0.335 e. The number of unbranched alkanes of at least 4 members (excludes halogenated alkanes) is 22. The normalized spacial score (nSPS) is 12.2. The van der Waals surface area contributed by atoms with Crippen molar-refractivity contribution in [2.45, 2.75) is 206 Å². The smallest absolute Gasteiger partial charge is 0.335 e. The largest absolute Gasteiger partial charge is 1.00 e. The highest BCUT2D eigenvalue weighted by atomic mass is 79.9. The second-order valence-electron chi connectivity index (χ2n) is 16.7. The third kappa shape index (κ3) is 34.2. The number of benzene rings is 1. The maximum atomic E-state index is 13.0. The average Bonchev–Trinajstić information content (AvgIpc) is 3.16. The van der Waals surface area contributed by atoms with E-state index in [1.807, 2.05) is 26.2 Å². The Hall–Kier alpha value is -2.45. The molecule has 0 radical (unpaired) electrons. The van der Waals surface area contributed by atoms with E-state index < -0.39 is 12.1 Å². The fourth-order valence-corrected chi connectivity index (χ4v) is 7.17. The molecule has 0 spiro atoms. The molecule has 0 aliphatic rings. The van der Waals surface area contributed by atoms with Gasteiger partial charge in [-0.05, 0) is 76.3 Å². The van der Waals surface area contributed by atoms with Crippen molar-refractivity contribution < 1.29 is 50.4 Å². The van der Waals surface area contributed by atoms with Gasteiger partial charge >= 0.3 is 17.9 Å². The highest BCUT2D eigenvalue weighted by Crippen LogP contribution is 2.16. The van der Waals surface area contributed by atoms with Gasteiger partial charge in [-0.1, -0.05) is 153 Å². The number of halogens is 1. The molecular formula is C49H84BrNO6. The fraction of sp³-hybridized carbons (Fsp3) is 0.735. The van der Waals surface area contributed by atoms with E-state index in [1.165, 1.54) is 116 Å². The molecule has 0 amide bonds. The van der Waals surface area contributed by atoms with Crippen LogP contribution in [0.15, 0.2) is 48.6 Å². The van der Waals surface area contributed by atoms with Crippen molar-refractivity contribution >= 4 is 17.9 Å². The predicted molar refractivity (Wildman–Crippen MR) is 234 cm³/mol. The second-order valence-corrected chi connectivity index (χ2v) is 16.7. The summed E-state index contributed by atoms with van der Waals surface area (Å²) in [5.74, 6) is -1.44. The van der Waals surface area contributed by atoms with Gasteiger partial charge in [0.15, 0.2) is 6.10 Å². The van der Waals surface area contributed by atoms with E-state index in [-0.39, 0.29) is 41.1 Å². The van der Waals surface area contributed by atoms with Crippen molar-refractivity contribution in [3.05, 3.63) is 59.7 Å². The van der Waals surface area contributed by atoms with Crippen LogP contribution in [0.1, 0.15) is 210 Å². The van der Waals surface area contributed by atoms with Gasteiger partial charge < -0.3 is 36.0 Å². The number of esters is 2. The van der Waals surface area contributed by atoms with Crippen molar-refractivity contribution in [2.24, 2.45) is 0 Å². The van der Waals surface area contributed by atoms with Crippen LogP contribution in [-0.4, -0.2) is 60.8 Å². The van der Waals surface area contributed by atoms with Crippen LogP contribution in [0.2, 0.25) is 0 Å². The summed E-state index contributed by atoms with van der Waals surface area (Å²) >= 11 is 0. The van der Waals surface area contributed by atoms with E-state index in [2.05, 4.69) is 38.2 Å². The lowest BCUT2D eigenvalue weighted by molar-refractivity contribution is -0.906. The molecule has 328 valence electrons. The third-order valence-electron chi connectivity index (χ3n) is 10.5. The Morgan fingerprint density at radius 2 is 0.965 bits per heavy atom. The molecule has 0 saturated heterocycles. The lowest BCUT2D eigenvalue weighted by Gasteiger charge is -2.33. The summed E-state index contributed by atoms with van der Waals surface area (Å²) in [7, 11) is 4.09. The van der Waals surface area contributed by atoms with Crippen LogP contribution in [0.5, 0.6) is 0 Å². The fourth-order valence-electron chi connectivity index (χ4n) is 7.17. The lowest BCUT2D eigenvalue weighted by Crippen LogP contribution is -3.00. The zero-order valence-corrected chi connectivity index (χ0v) is 38.5. The van der Waals surface area contributed by atoms with Crippen molar-refractivity contribution in [1.82, 2.24) is 0 Å². The predicted octanol–water partition coefficient (Wildman–Crippen LogP) is 10.5. The molecule has 1 aromatic rings. The molecule has 0 heterocycles. The van der Waals surface area contributed by atoms with Crippen LogP contribution in [0.3, 0.4) is 0 Å². The number of carbonyl (C=O) groups is 3. The highest BCUT2D eigenvalue weighted by molar-refractivity contribution is 5.87. The Labute approximate surface area is 360 Å². The van der Waals surface area contributed by atoms with Gasteiger partial charge in [0.05, 0.1) is 19.7 Å². The highest BCUT2D eigenvalue weighted by Gasteiger charge is 2.27. The van der Waals surface area contributed by atoms with E-state index in [0.29, 0.717) is 30.4 Å². The summed E-state index contributed by atoms with van der Waals surface area (Å²) in [6.45, 7) is 5.65. The van der Waals surface area contributed by atoms with Gasteiger partial charge in [-0.3, -0.25) is 9.59 Å². The number of hydrogen-bond acceptors (Lipinski definition) is 5. The standard InChI is InChI=1S/C49H83NO6.BrH/c1-5-7-9-11-13-15-17-19-21-23-25-27-29-31-33-35-47(51)55-43-46(42-50(3,4)41-44-37-39-45(40-38-44)49(53)54)56-48(52)36-34-32-30-28-26-24-22-20-18-16-14-12-10-8-6-2;/h19-22,37-40,46H,5-18,23-36,41-43H2,1-4H3;1H/b21-19-,22-20-;. The summed E-state index contributed by atoms with van der Waals surface area (Å²) in [6.07, 6.45) is 40.9. The number of ether oxygens (including phenoxy) is 2. The molecule has 0 aliphatic heterocycles. The van der Waals surface area contributed by atoms with Crippen LogP contribution in [0.25, 0.3) is 0 Å². The Kier molecular flexibility index (Phi) is 36.2. The molecule has 1 N–H and O–H groups in total. The molecule has 8 heteroatoms. The lowest BCUT2D eigenvalue weighted by atomic mass is 10.1. The second kappa shape index (κ2) is 37.8. The molecule has 0 aliphatic carbocycles. The van der Waals surface area contributed by atoms with E-state index in [1.54, 1.807) is 12.1 Å². The molecule has 1 rings (SSSR count). The van der Waals surface area contributed by atoms with Gasteiger partial charge in [0.2, 0.25) is 0 Å². The number of hydrogen-bond donors (Lipinski definition) is 1. The van der Waals surface area contributed by atoms with E-state index >= 15 is 0 Å². The Balaban J connectivity index is 0.0000314. The first-order valence-electron chi connectivity index (χ1n) is 23.0. The van der Waals surface area contributed by atoms with Crippen molar-refractivity contribution in [1.29, 1.82) is 0 Å². The van der Waals surface area contributed by atoms with Crippen LogP contribution >= 0.6 is 0 Å². The van der Waals surface area contributed by atoms with E-state index in [4.69, 9.17) is 9.47 Å². The number of rotatable bonds is 38. The van der Waals surface area contributed by atoms with Crippen LogP contribution in [0.4, 0.5) is 0 Å². The summed E-state index contributed by atoms with van der Waals surface area (Å²) in [5, 5.41) is 9.26. The van der Waals surface area contributed by atoms with E-state index in [9.17, 15) is 19.5 Å². The summed E-state index contributed by atoms with van der Waals surface area (Å²) in [4.78, 5) is 37.0. The van der Waals surface area contributed by atoms with Crippen LogP contribution in [0, 0.1) is 0 Å². The number of allylic oxidation sites excluding steroid dienone is 4. The number of likely N-dealkylation sites (N-methyl/N-ethyl adjacent to an activating group) is 1. The third-order valence-corrected chi connectivity index (χ3v) is 10.5. The molecule has 1 aromatic carbocycles. The average molecular weight is 863 g/mol. The molecule has 0 fully saturated rings. The van der Waals surface area contributed by atoms with Crippen molar-refractivity contribution in [3.8, 4) is 0 Å². The first-order valence-corrected chi connectivity index (χ1v) is 23.0. The Morgan fingerprint density at radius 1 is 0.579 bits per heavy atom. The van der Waals surface area contributed by atoms with Gasteiger partial charge in [0, 0.05) is 18.4 Å². The molecule has 1 atom stereocenters. The van der Waals surface area contributed by atoms with Gasteiger partial charge in [-0.2, -0.15) is 0 Å². The molecule has 0 aromatic heterocycles. The van der Waals surface area contributed by atoms with Gasteiger partial charge in [0.1, 0.15) is 19.7 Å². The van der Waals surface area contributed by atoms with Crippen molar-refractivity contribution in [3.63, 3.8) is 0 Å². The number of carboxylic acid groups (broad SMARTS) is 1. The number of aromatic carboxylic acids is 1.